The average Bonchev–Trinajstić information content (AvgIpc) is 2.98. The highest BCUT2D eigenvalue weighted by atomic mass is 16.6. The van der Waals surface area contributed by atoms with E-state index in [9.17, 15) is 4.79 Å². The molecule has 31 heavy (non-hydrogen) atoms. The lowest BCUT2D eigenvalue weighted by Crippen LogP contribution is -2.32. The summed E-state index contributed by atoms with van der Waals surface area (Å²) < 4.78 is 12.2. The predicted octanol–water partition coefficient (Wildman–Crippen LogP) is 4.56. The highest BCUT2D eigenvalue weighted by molar-refractivity contribution is 6.16. The molecule has 5 heteroatoms. The van der Waals surface area contributed by atoms with E-state index in [2.05, 4.69) is 44.7 Å². The third-order valence-electron chi connectivity index (χ3n) is 5.73. The van der Waals surface area contributed by atoms with Crippen LogP contribution in [-0.4, -0.2) is 41.8 Å². The first-order chi connectivity index (χ1) is 14.5. The monoisotopic (exact) mass is 420 g/mol. The van der Waals surface area contributed by atoms with Crippen molar-refractivity contribution in [3.63, 3.8) is 0 Å². The van der Waals surface area contributed by atoms with Crippen molar-refractivity contribution in [2.24, 2.45) is 4.99 Å². The predicted molar refractivity (Wildman–Crippen MR) is 123 cm³/mol. The number of benzene rings is 2. The van der Waals surface area contributed by atoms with Gasteiger partial charge in [-0.15, -0.1) is 0 Å². The minimum Gasteiger partial charge on any atom is -0.483 e. The summed E-state index contributed by atoms with van der Waals surface area (Å²) in [5.74, 6) is 0.937. The number of fused-ring (bicyclic) bond motifs is 3. The summed E-state index contributed by atoms with van der Waals surface area (Å²) in [5, 5.41) is 0. The van der Waals surface area contributed by atoms with E-state index in [1.807, 2.05) is 32.3 Å². The van der Waals surface area contributed by atoms with E-state index in [4.69, 9.17) is 14.5 Å². The van der Waals surface area contributed by atoms with Crippen LogP contribution in [0, 0.1) is 0 Å². The minimum atomic E-state index is -0.378. The van der Waals surface area contributed by atoms with Crippen LogP contribution < -0.4 is 9.47 Å². The lowest BCUT2D eigenvalue weighted by molar-refractivity contribution is -0.132. The number of carbonyl (C=O) groups is 1. The molecule has 0 saturated heterocycles. The highest BCUT2D eigenvalue weighted by Crippen LogP contribution is 2.50. The quantitative estimate of drug-likeness (QED) is 0.538. The molecule has 164 valence electrons. The zero-order valence-corrected chi connectivity index (χ0v) is 19.6. The van der Waals surface area contributed by atoms with Gasteiger partial charge in [-0.25, -0.2) is 0 Å². The molecule has 4 rings (SSSR count). The van der Waals surface area contributed by atoms with Gasteiger partial charge in [-0.05, 0) is 53.8 Å². The lowest BCUT2D eigenvalue weighted by atomic mass is 9.78. The van der Waals surface area contributed by atoms with Crippen LogP contribution in [0.25, 0.3) is 0 Å². The second-order valence-electron chi connectivity index (χ2n) is 10.2. The molecular weight excluding hydrogens is 388 g/mol. The van der Waals surface area contributed by atoms with Gasteiger partial charge in [0.2, 0.25) is 0 Å². The average molecular weight is 421 g/mol. The minimum absolute atomic E-state index is 0.268. The Hall–Kier alpha value is -2.66. The summed E-state index contributed by atoms with van der Waals surface area (Å²) in [5.41, 5.74) is 5.92. The highest BCUT2D eigenvalue weighted by Gasteiger charge is 2.42. The summed E-state index contributed by atoms with van der Waals surface area (Å²) in [6.45, 7) is 10.6. The summed E-state index contributed by atoms with van der Waals surface area (Å²) in [7, 11) is 4.06. The molecule has 2 aromatic carbocycles. The summed E-state index contributed by atoms with van der Waals surface area (Å²) in [4.78, 5) is 19.4. The van der Waals surface area contributed by atoms with E-state index in [1.165, 1.54) is 12.5 Å². The van der Waals surface area contributed by atoms with Crippen LogP contribution in [0.2, 0.25) is 0 Å². The molecule has 2 aromatic rings. The van der Waals surface area contributed by atoms with Crippen LogP contribution in [-0.2, 0) is 24.2 Å². The molecule has 0 atom stereocenters. The Balaban J connectivity index is 2.08. The molecule has 2 aliphatic heterocycles. The van der Waals surface area contributed by atoms with Gasteiger partial charge in [0.1, 0.15) is 5.60 Å². The Morgan fingerprint density at radius 2 is 1.77 bits per heavy atom. The molecule has 5 nitrogen and oxygen atoms in total. The molecule has 0 aromatic heterocycles. The zero-order valence-electron chi connectivity index (χ0n) is 19.6. The zero-order chi connectivity index (χ0) is 22.6. The van der Waals surface area contributed by atoms with Crippen molar-refractivity contribution in [1.82, 2.24) is 4.90 Å². The van der Waals surface area contributed by atoms with E-state index < -0.39 is 0 Å². The molecule has 0 radical (unpaired) electrons. The van der Waals surface area contributed by atoms with Gasteiger partial charge in [0.25, 0.3) is 0 Å². The Morgan fingerprint density at radius 1 is 1.10 bits per heavy atom. The molecule has 0 bridgehead atoms. The van der Waals surface area contributed by atoms with Crippen molar-refractivity contribution in [3.8, 4) is 11.5 Å². The first-order valence-corrected chi connectivity index (χ1v) is 10.9. The van der Waals surface area contributed by atoms with Crippen LogP contribution in [0.4, 0.5) is 0 Å². The van der Waals surface area contributed by atoms with E-state index in [1.54, 1.807) is 0 Å². The van der Waals surface area contributed by atoms with E-state index in [0.717, 1.165) is 40.8 Å². The van der Waals surface area contributed by atoms with Gasteiger partial charge in [0.05, 0.1) is 11.3 Å². The number of esters is 1. The molecule has 0 aliphatic carbocycles. The molecule has 0 spiro atoms. The van der Waals surface area contributed by atoms with E-state index >= 15 is 0 Å². The summed E-state index contributed by atoms with van der Waals surface area (Å²) in [6, 6.07) is 10.4. The number of nitrogens with zero attached hydrogens (tertiary/aromatic N) is 2. The SMILES string of the molecule is CC(=O)Oc1c(CN(C)C)c2c(c3c1OC(C)(C)C3)C(c1ccccc1)=NC(C)(C)C2. The van der Waals surface area contributed by atoms with Crippen LogP contribution in [0.1, 0.15) is 62.4 Å². The van der Waals surface area contributed by atoms with Crippen molar-refractivity contribution in [1.29, 1.82) is 0 Å². The third-order valence-corrected chi connectivity index (χ3v) is 5.73. The fraction of sp³-hybridized carbons (Fsp3) is 0.462. The molecule has 0 N–H and O–H groups in total. The molecular formula is C26H32N2O3. The number of rotatable bonds is 4. The number of aliphatic imine (C=N–C) groups is 1. The number of hydrogen-bond donors (Lipinski definition) is 0. The van der Waals surface area contributed by atoms with Gasteiger partial charge in [-0.2, -0.15) is 0 Å². The van der Waals surface area contributed by atoms with Crippen molar-refractivity contribution in [2.75, 3.05) is 14.1 Å². The van der Waals surface area contributed by atoms with Crippen molar-refractivity contribution in [2.45, 2.75) is 65.1 Å². The Bertz CT molecular complexity index is 1070. The topological polar surface area (TPSA) is 51.1 Å². The Morgan fingerprint density at radius 3 is 2.39 bits per heavy atom. The van der Waals surface area contributed by atoms with Crippen LogP contribution in [0.15, 0.2) is 35.3 Å². The summed E-state index contributed by atoms with van der Waals surface area (Å²) >= 11 is 0. The van der Waals surface area contributed by atoms with Gasteiger partial charge < -0.3 is 14.4 Å². The molecule has 0 fully saturated rings. The Kier molecular flexibility index (Phi) is 5.21. The largest absolute Gasteiger partial charge is 0.483 e. The van der Waals surface area contributed by atoms with Gasteiger partial charge in [-0.1, -0.05) is 30.3 Å². The first kappa shape index (κ1) is 21.6. The van der Waals surface area contributed by atoms with E-state index in [-0.39, 0.29) is 17.1 Å². The molecule has 2 aliphatic rings. The third kappa shape index (κ3) is 4.11. The standard InChI is InChI=1S/C26H32N2O3/c1-16(29)30-23-20(15-28(6)7)18-13-25(2,3)27-22(17-11-9-8-10-12-17)21(18)19-14-26(4,5)31-24(19)23/h8-12H,13-15H2,1-7H3. The van der Waals surface area contributed by atoms with Crippen molar-refractivity contribution < 1.29 is 14.3 Å². The van der Waals surface area contributed by atoms with Crippen LogP contribution in [0.3, 0.4) is 0 Å². The van der Waals surface area contributed by atoms with Gasteiger partial charge in [0.15, 0.2) is 11.5 Å². The molecule has 0 unspecified atom stereocenters. The number of carbonyl (C=O) groups excluding carboxylic acids is 1. The van der Waals surface area contributed by atoms with Crippen LogP contribution >= 0.6 is 0 Å². The number of hydrogen-bond acceptors (Lipinski definition) is 5. The maximum atomic E-state index is 12.1. The molecule has 0 amide bonds. The maximum absolute atomic E-state index is 12.1. The first-order valence-electron chi connectivity index (χ1n) is 10.9. The normalized spacial score (nSPS) is 18.1. The number of ether oxygens (including phenoxy) is 2. The van der Waals surface area contributed by atoms with Gasteiger partial charge >= 0.3 is 5.97 Å². The molecule has 0 saturated carbocycles. The van der Waals surface area contributed by atoms with Gasteiger partial charge in [0, 0.05) is 42.1 Å². The van der Waals surface area contributed by atoms with Gasteiger partial charge in [-0.3, -0.25) is 9.79 Å². The molecule has 2 heterocycles. The maximum Gasteiger partial charge on any atom is 0.308 e. The smallest absolute Gasteiger partial charge is 0.308 e. The fourth-order valence-corrected chi connectivity index (χ4v) is 4.72. The lowest BCUT2D eigenvalue weighted by Gasteiger charge is -2.33. The fourth-order valence-electron chi connectivity index (χ4n) is 4.72. The van der Waals surface area contributed by atoms with E-state index in [0.29, 0.717) is 18.0 Å². The van der Waals surface area contributed by atoms with Crippen LogP contribution in [0.5, 0.6) is 11.5 Å². The second kappa shape index (κ2) is 7.49. The second-order valence-corrected chi connectivity index (χ2v) is 10.2. The van der Waals surface area contributed by atoms with Crippen molar-refractivity contribution in [3.05, 3.63) is 58.1 Å². The summed E-state index contributed by atoms with van der Waals surface area (Å²) in [6.07, 6.45) is 1.53. The Labute approximate surface area is 185 Å². The van der Waals surface area contributed by atoms with Crippen molar-refractivity contribution >= 4 is 11.7 Å².